The average molecular weight is 321 g/mol. The topological polar surface area (TPSA) is 62.3 Å². The van der Waals surface area contributed by atoms with Gasteiger partial charge in [0.05, 0.1) is 36.8 Å². The fourth-order valence-electron chi connectivity index (χ4n) is 2.76. The summed E-state index contributed by atoms with van der Waals surface area (Å²) in [5.41, 5.74) is 7.62. The van der Waals surface area contributed by atoms with Crippen LogP contribution in [-0.2, 0) is 6.54 Å². The molecule has 5 nitrogen and oxygen atoms in total. The molecule has 0 saturated heterocycles. The van der Waals surface area contributed by atoms with E-state index in [1.54, 1.807) is 14.2 Å². The summed E-state index contributed by atoms with van der Waals surface area (Å²) in [6, 6.07) is 3.83. The number of aromatic nitrogens is 2. The lowest BCUT2D eigenvalue weighted by Gasteiger charge is -2.15. The summed E-state index contributed by atoms with van der Waals surface area (Å²) in [6.45, 7) is 4.81. The summed E-state index contributed by atoms with van der Waals surface area (Å²) in [5.74, 6) is 2.74. The second-order valence-electron chi connectivity index (χ2n) is 5.23. The number of hydrogen-bond donors (Lipinski definition) is 1. The molecule has 0 spiro atoms. The van der Waals surface area contributed by atoms with Gasteiger partial charge in [0.2, 0.25) is 0 Å². The summed E-state index contributed by atoms with van der Waals surface area (Å²) in [4.78, 5) is 5.25. The SMILES string of the molecule is CCC(CC)c1nc2cc(OC)c(OC)cc2n1CC(N)=S. The van der Waals surface area contributed by atoms with Crippen LogP contribution in [0.1, 0.15) is 38.4 Å². The van der Waals surface area contributed by atoms with Crippen LogP contribution in [0, 0.1) is 0 Å². The summed E-state index contributed by atoms with van der Waals surface area (Å²) < 4.78 is 12.9. The Morgan fingerprint density at radius 3 is 2.32 bits per heavy atom. The highest BCUT2D eigenvalue weighted by atomic mass is 32.1. The van der Waals surface area contributed by atoms with Gasteiger partial charge in [0.1, 0.15) is 5.82 Å². The third-order valence-electron chi connectivity index (χ3n) is 3.95. The van der Waals surface area contributed by atoms with Crippen molar-refractivity contribution in [1.82, 2.24) is 9.55 Å². The van der Waals surface area contributed by atoms with Gasteiger partial charge in [0.25, 0.3) is 0 Å². The highest BCUT2D eigenvalue weighted by Gasteiger charge is 2.20. The van der Waals surface area contributed by atoms with E-state index < -0.39 is 0 Å². The predicted octanol–water partition coefficient (Wildman–Crippen LogP) is 3.24. The van der Waals surface area contributed by atoms with Crippen LogP contribution in [0.2, 0.25) is 0 Å². The highest BCUT2D eigenvalue weighted by Crippen LogP contribution is 2.34. The van der Waals surface area contributed by atoms with E-state index in [0.29, 0.717) is 29.0 Å². The van der Waals surface area contributed by atoms with Crippen molar-refractivity contribution in [3.8, 4) is 11.5 Å². The Kier molecular flexibility index (Phi) is 5.24. The van der Waals surface area contributed by atoms with Crippen LogP contribution in [0.5, 0.6) is 11.5 Å². The van der Waals surface area contributed by atoms with E-state index >= 15 is 0 Å². The Hall–Kier alpha value is -1.82. The third-order valence-corrected chi connectivity index (χ3v) is 4.08. The first-order valence-corrected chi connectivity index (χ1v) is 7.86. The molecule has 2 N–H and O–H groups in total. The molecule has 2 aromatic rings. The zero-order valence-corrected chi connectivity index (χ0v) is 14.4. The minimum absolute atomic E-state index is 0.374. The van der Waals surface area contributed by atoms with E-state index in [-0.39, 0.29) is 0 Å². The number of rotatable bonds is 7. The molecule has 0 bridgehead atoms. The van der Waals surface area contributed by atoms with Crippen LogP contribution < -0.4 is 15.2 Å². The molecule has 22 heavy (non-hydrogen) atoms. The molecule has 6 heteroatoms. The molecule has 0 aliphatic rings. The van der Waals surface area contributed by atoms with Crippen LogP contribution in [0.4, 0.5) is 0 Å². The molecule has 2 rings (SSSR count). The number of fused-ring (bicyclic) bond motifs is 1. The van der Waals surface area contributed by atoms with Gasteiger partial charge in [-0.15, -0.1) is 0 Å². The second-order valence-corrected chi connectivity index (χ2v) is 5.76. The highest BCUT2D eigenvalue weighted by molar-refractivity contribution is 7.80. The predicted molar refractivity (Wildman–Crippen MR) is 92.9 cm³/mol. The van der Waals surface area contributed by atoms with Crippen molar-refractivity contribution in [2.24, 2.45) is 5.73 Å². The molecule has 0 aliphatic carbocycles. The molecular weight excluding hydrogens is 298 g/mol. The maximum absolute atomic E-state index is 5.78. The molecule has 1 heterocycles. The molecule has 1 aromatic heterocycles. The minimum atomic E-state index is 0.374. The average Bonchev–Trinajstić information content (AvgIpc) is 2.84. The molecule has 120 valence electrons. The quantitative estimate of drug-likeness (QED) is 0.793. The molecule has 0 saturated carbocycles. The molecule has 0 radical (unpaired) electrons. The Labute approximate surface area is 136 Å². The third kappa shape index (κ3) is 3.02. The smallest absolute Gasteiger partial charge is 0.163 e. The Balaban J connectivity index is 2.70. The number of nitrogens with zero attached hydrogens (tertiary/aromatic N) is 2. The largest absolute Gasteiger partial charge is 0.493 e. The zero-order valence-electron chi connectivity index (χ0n) is 13.5. The standard InChI is InChI=1S/C16H23N3O2S/c1-5-10(6-2)16-18-11-7-13(20-3)14(21-4)8-12(11)19(16)9-15(17)22/h7-8,10H,5-6,9H2,1-4H3,(H2,17,22). The van der Waals surface area contributed by atoms with Crippen molar-refractivity contribution < 1.29 is 9.47 Å². The van der Waals surface area contributed by atoms with E-state index in [4.69, 9.17) is 32.4 Å². The van der Waals surface area contributed by atoms with Crippen molar-refractivity contribution >= 4 is 28.2 Å². The summed E-state index contributed by atoms with van der Waals surface area (Å²) in [5, 5.41) is 0. The lowest BCUT2D eigenvalue weighted by molar-refractivity contribution is 0.355. The second kappa shape index (κ2) is 6.96. The number of nitrogens with two attached hydrogens (primary N) is 1. The number of thiocarbonyl (C=S) groups is 1. The number of hydrogen-bond acceptors (Lipinski definition) is 4. The summed E-state index contributed by atoms with van der Waals surface area (Å²) >= 11 is 5.11. The van der Waals surface area contributed by atoms with Crippen LogP contribution in [0.3, 0.4) is 0 Å². The maximum Gasteiger partial charge on any atom is 0.163 e. The van der Waals surface area contributed by atoms with Crippen molar-refractivity contribution in [1.29, 1.82) is 0 Å². The van der Waals surface area contributed by atoms with E-state index in [1.165, 1.54) is 0 Å². The van der Waals surface area contributed by atoms with Gasteiger partial charge in [0, 0.05) is 18.1 Å². The normalized spacial score (nSPS) is 11.1. The zero-order chi connectivity index (χ0) is 16.3. The van der Waals surface area contributed by atoms with Gasteiger partial charge in [-0.05, 0) is 12.8 Å². The number of imidazole rings is 1. The van der Waals surface area contributed by atoms with E-state index in [1.807, 2.05) is 12.1 Å². The van der Waals surface area contributed by atoms with Crippen molar-refractivity contribution in [3.05, 3.63) is 18.0 Å². The van der Waals surface area contributed by atoms with Crippen LogP contribution in [0.15, 0.2) is 12.1 Å². The minimum Gasteiger partial charge on any atom is -0.493 e. The lowest BCUT2D eigenvalue weighted by Crippen LogP contribution is -2.19. The van der Waals surface area contributed by atoms with E-state index in [2.05, 4.69) is 18.4 Å². The molecule has 0 unspecified atom stereocenters. The van der Waals surface area contributed by atoms with Gasteiger partial charge in [-0.2, -0.15) is 0 Å². The summed E-state index contributed by atoms with van der Waals surface area (Å²) in [6.07, 6.45) is 2.04. The van der Waals surface area contributed by atoms with Crippen molar-refractivity contribution in [3.63, 3.8) is 0 Å². The number of methoxy groups -OCH3 is 2. The first-order valence-electron chi connectivity index (χ1n) is 7.46. The monoisotopic (exact) mass is 321 g/mol. The van der Waals surface area contributed by atoms with Gasteiger partial charge < -0.3 is 19.8 Å². The molecule has 0 atom stereocenters. The van der Waals surface area contributed by atoms with Crippen LogP contribution in [0.25, 0.3) is 11.0 Å². The fourth-order valence-corrected chi connectivity index (χ4v) is 2.89. The number of benzene rings is 1. The molecular formula is C16H23N3O2S. The van der Waals surface area contributed by atoms with E-state index in [0.717, 1.165) is 29.7 Å². The van der Waals surface area contributed by atoms with E-state index in [9.17, 15) is 0 Å². The molecule has 0 amide bonds. The Bertz CT molecular complexity index is 678. The first-order chi connectivity index (χ1) is 10.5. The van der Waals surface area contributed by atoms with Gasteiger partial charge in [0.15, 0.2) is 11.5 Å². The lowest BCUT2D eigenvalue weighted by atomic mass is 10.0. The molecule has 0 aliphatic heterocycles. The van der Waals surface area contributed by atoms with Gasteiger partial charge >= 0.3 is 0 Å². The van der Waals surface area contributed by atoms with Crippen LogP contribution in [-0.4, -0.2) is 28.8 Å². The fraction of sp³-hybridized carbons (Fsp3) is 0.500. The van der Waals surface area contributed by atoms with Gasteiger partial charge in [-0.1, -0.05) is 26.1 Å². The molecule has 1 aromatic carbocycles. The van der Waals surface area contributed by atoms with Crippen molar-refractivity contribution in [2.45, 2.75) is 39.2 Å². The van der Waals surface area contributed by atoms with Crippen LogP contribution >= 0.6 is 12.2 Å². The van der Waals surface area contributed by atoms with Gasteiger partial charge in [-0.25, -0.2) is 4.98 Å². The number of ether oxygens (including phenoxy) is 2. The first kappa shape index (κ1) is 16.5. The maximum atomic E-state index is 5.78. The Morgan fingerprint density at radius 2 is 1.82 bits per heavy atom. The summed E-state index contributed by atoms with van der Waals surface area (Å²) in [7, 11) is 3.25. The Morgan fingerprint density at radius 1 is 1.23 bits per heavy atom. The molecule has 0 fully saturated rings. The van der Waals surface area contributed by atoms with Crippen molar-refractivity contribution in [2.75, 3.05) is 14.2 Å². The van der Waals surface area contributed by atoms with Gasteiger partial charge in [-0.3, -0.25) is 0 Å².